The van der Waals surface area contributed by atoms with Crippen molar-refractivity contribution in [1.82, 2.24) is 0 Å². The number of para-hydroxylation sites is 1. The molecule has 0 unspecified atom stereocenters. The van der Waals surface area contributed by atoms with E-state index in [0.29, 0.717) is 18.0 Å². The lowest BCUT2D eigenvalue weighted by atomic mass is 10.3. The van der Waals surface area contributed by atoms with Gasteiger partial charge in [0.1, 0.15) is 5.75 Å². The second kappa shape index (κ2) is 7.05. The van der Waals surface area contributed by atoms with Gasteiger partial charge in [-0.25, -0.2) is 4.39 Å². The number of hydrogen-bond acceptors (Lipinski definition) is 4. The number of rotatable bonds is 6. The molecule has 0 aliphatic rings. The Labute approximate surface area is 121 Å². The Morgan fingerprint density at radius 3 is 2.75 bits per heavy atom. The molecule has 0 fully saturated rings. The average Bonchev–Trinajstić information content (AvgIpc) is 2.47. The monoisotopic (exact) mass is 293 g/mol. The molecule has 2 N–H and O–H groups in total. The van der Waals surface area contributed by atoms with Crippen LogP contribution in [0.15, 0.2) is 47.4 Å². The summed E-state index contributed by atoms with van der Waals surface area (Å²) in [4.78, 5) is 0.932. The molecule has 2 aromatic carbocycles. The number of thioether (sulfide) groups is 1. The minimum atomic E-state index is -0.349. The smallest absolute Gasteiger partial charge is 0.165 e. The van der Waals surface area contributed by atoms with Crippen LogP contribution in [0.25, 0.3) is 0 Å². The normalized spacial score (nSPS) is 10.3. The summed E-state index contributed by atoms with van der Waals surface area (Å²) in [5.74, 6) is 1.35. The van der Waals surface area contributed by atoms with E-state index in [1.807, 2.05) is 12.1 Å². The number of nitrogen functional groups attached to an aromatic ring is 1. The molecular weight excluding hydrogens is 277 g/mol. The second-order valence-electron chi connectivity index (χ2n) is 4.03. The SMILES string of the molecule is COc1ccc(N)c(SCCOc2ccccc2F)c1. The summed E-state index contributed by atoms with van der Waals surface area (Å²) in [5, 5.41) is 0. The van der Waals surface area contributed by atoms with E-state index in [9.17, 15) is 4.39 Å². The highest BCUT2D eigenvalue weighted by atomic mass is 32.2. The van der Waals surface area contributed by atoms with Gasteiger partial charge in [-0.1, -0.05) is 12.1 Å². The molecule has 0 aromatic heterocycles. The number of anilines is 1. The number of halogens is 1. The topological polar surface area (TPSA) is 44.5 Å². The van der Waals surface area contributed by atoms with Crippen LogP contribution in [0.5, 0.6) is 11.5 Å². The number of benzene rings is 2. The van der Waals surface area contributed by atoms with Crippen LogP contribution in [0.3, 0.4) is 0 Å². The molecule has 0 aliphatic carbocycles. The van der Waals surface area contributed by atoms with E-state index in [1.54, 1.807) is 43.1 Å². The molecule has 5 heteroatoms. The van der Waals surface area contributed by atoms with Crippen molar-refractivity contribution >= 4 is 17.4 Å². The van der Waals surface area contributed by atoms with Crippen molar-refractivity contribution in [2.45, 2.75) is 4.90 Å². The minimum Gasteiger partial charge on any atom is -0.497 e. The molecule has 0 radical (unpaired) electrons. The lowest BCUT2D eigenvalue weighted by Gasteiger charge is -2.09. The number of ether oxygens (including phenoxy) is 2. The Balaban J connectivity index is 1.86. The highest BCUT2D eigenvalue weighted by Crippen LogP contribution is 2.29. The maximum atomic E-state index is 13.3. The van der Waals surface area contributed by atoms with Crippen molar-refractivity contribution in [3.8, 4) is 11.5 Å². The average molecular weight is 293 g/mol. The largest absolute Gasteiger partial charge is 0.497 e. The molecular formula is C15H16FNO2S. The number of methoxy groups -OCH3 is 1. The van der Waals surface area contributed by atoms with Gasteiger partial charge in [0.25, 0.3) is 0 Å². The summed E-state index contributed by atoms with van der Waals surface area (Å²) in [7, 11) is 1.61. The first kappa shape index (κ1) is 14.5. The van der Waals surface area contributed by atoms with Gasteiger partial charge in [0, 0.05) is 16.3 Å². The van der Waals surface area contributed by atoms with Crippen LogP contribution in [0.1, 0.15) is 0 Å². The van der Waals surface area contributed by atoms with Crippen molar-refractivity contribution in [2.24, 2.45) is 0 Å². The first-order valence-corrected chi connectivity index (χ1v) is 7.13. The van der Waals surface area contributed by atoms with Crippen molar-refractivity contribution in [1.29, 1.82) is 0 Å². The molecule has 2 aromatic rings. The molecule has 2 rings (SSSR count). The molecule has 0 saturated heterocycles. The van der Waals surface area contributed by atoms with Gasteiger partial charge >= 0.3 is 0 Å². The van der Waals surface area contributed by atoms with Crippen LogP contribution >= 0.6 is 11.8 Å². The van der Waals surface area contributed by atoms with Crippen LogP contribution in [0.2, 0.25) is 0 Å². The Hall–Kier alpha value is -1.88. The van der Waals surface area contributed by atoms with E-state index in [0.717, 1.165) is 10.6 Å². The van der Waals surface area contributed by atoms with Crippen molar-refractivity contribution < 1.29 is 13.9 Å². The van der Waals surface area contributed by atoms with Gasteiger partial charge in [-0.05, 0) is 30.3 Å². The summed E-state index contributed by atoms with van der Waals surface area (Å²) in [6.07, 6.45) is 0. The fourth-order valence-electron chi connectivity index (χ4n) is 1.63. The van der Waals surface area contributed by atoms with E-state index in [1.165, 1.54) is 6.07 Å². The molecule has 0 aliphatic heterocycles. The van der Waals surface area contributed by atoms with Gasteiger partial charge in [-0.2, -0.15) is 0 Å². The van der Waals surface area contributed by atoms with E-state index in [-0.39, 0.29) is 11.6 Å². The Bertz CT molecular complexity index is 578. The Morgan fingerprint density at radius 1 is 1.20 bits per heavy atom. The summed E-state index contributed by atoms with van der Waals surface area (Å²) >= 11 is 1.55. The lowest BCUT2D eigenvalue weighted by molar-refractivity contribution is 0.325. The maximum Gasteiger partial charge on any atom is 0.165 e. The van der Waals surface area contributed by atoms with E-state index in [2.05, 4.69) is 0 Å². The van der Waals surface area contributed by atoms with Crippen LogP contribution in [-0.2, 0) is 0 Å². The van der Waals surface area contributed by atoms with Gasteiger partial charge in [0.15, 0.2) is 11.6 Å². The quantitative estimate of drug-likeness (QED) is 0.502. The predicted octanol–water partition coefficient (Wildman–Crippen LogP) is 3.59. The maximum absolute atomic E-state index is 13.3. The van der Waals surface area contributed by atoms with Crippen LogP contribution < -0.4 is 15.2 Å². The summed E-state index contributed by atoms with van der Waals surface area (Å²) in [5.41, 5.74) is 6.58. The number of nitrogens with two attached hydrogens (primary N) is 1. The summed E-state index contributed by atoms with van der Waals surface area (Å²) in [6.45, 7) is 0.405. The zero-order valence-corrected chi connectivity index (χ0v) is 12.0. The third kappa shape index (κ3) is 3.81. The highest BCUT2D eigenvalue weighted by Gasteiger charge is 2.04. The van der Waals surface area contributed by atoms with Gasteiger partial charge < -0.3 is 15.2 Å². The molecule has 0 saturated carbocycles. The third-order valence-electron chi connectivity index (χ3n) is 2.66. The molecule has 0 amide bonds. The molecule has 0 bridgehead atoms. The molecule has 106 valence electrons. The van der Waals surface area contributed by atoms with Gasteiger partial charge in [-0.15, -0.1) is 11.8 Å². The number of hydrogen-bond donors (Lipinski definition) is 1. The minimum absolute atomic E-state index is 0.270. The molecule has 0 spiro atoms. The van der Waals surface area contributed by atoms with E-state index >= 15 is 0 Å². The van der Waals surface area contributed by atoms with Gasteiger partial charge in [0.05, 0.1) is 13.7 Å². The van der Waals surface area contributed by atoms with Gasteiger partial charge in [-0.3, -0.25) is 0 Å². The first-order chi connectivity index (χ1) is 9.70. The van der Waals surface area contributed by atoms with E-state index < -0.39 is 0 Å². The predicted molar refractivity (Wildman–Crippen MR) is 80.0 cm³/mol. The second-order valence-corrected chi connectivity index (χ2v) is 5.17. The van der Waals surface area contributed by atoms with E-state index in [4.69, 9.17) is 15.2 Å². The zero-order chi connectivity index (χ0) is 14.4. The fourth-order valence-corrected chi connectivity index (χ4v) is 2.45. The summed E-state index contributed by atoms with van der Waals surface area (Å²) in [6, 6.07) is 11.9. The van der Waals surface area contributed by atoms with Crippen molar-refractivity contribution in [2.75, 3.05) is 25.2 Å². The van der Waals surface area contributed by atoms with Crippen LogP contribution in [-0.4, -0.2) is 19.5 Å². The molecule has 0 heterocycles. The Morgan fingerprint density at radius 2 is 2.00 bits per heavy atom. The standard InChI is InChI=1S/C15H16FNO2S/c1-18-11-6-7-13(17)15(10-11)20-9-8-19-14-5-3-2-4-12(14)16/h2-7,10H,8-9,17H2,1H3. The Kier molecular flexibility index (Phi) is 5.12. The van der Waals surface area contributed by atoms with Gasteiger partial charge in [0.2, 0.25) is 0 Å². The first-order valence-electron chi connectivity index (χ1n) is 6.14. The van der Waals surface area contributed by atoms with Crippen molar-refractivity contribution in [3.63, 3.8) is 0 Å². The molecule has 0 atom stereocenters. The molecule has 20 heavy (non-hydrogen) atoms. The van der Waals surface area contributed by atoms with Crippen LogP contribution in [0.4, 0.5) is 10.1 Å². The lowest BCUT2D eigenvalue weighted by Crippen LogP contribution is -2.02. The zero-order valence-electron chi connectivity index (χ0n) is 11.1. The fraction of sp³-hybridized carbons (Fsp3) is 0.200. The summed E-state index contributed by atoms with van der Waals surface area (Å²) < 4.78 is 23.9. The highest BCUT2D eigenvalue weighted by molar-refractivity contribution is 7.99. The molecule has 3 nitrogen and oxygen atoms in total. The van der Waals surface area contributed by atoms with Crippen molar-refractivity contribution in [3.05, 3.63) is 48.3 Å². The third-order valence-corrected chi connectivity index (χ3v) is 3.69. The van der Waals surface area contributed by atoms with Crippen LogP contribution in [0, 0.1) is 5.82 Å².